The van der Waals surface area contributed by atoms with Crippen LogP contribution in [0.25, 0.3) is 10.9 Å². The molecule has 0 radical (unpaired) electrons. The number of fused-ring (bicyclic) bond motifs is 1. The van der Waals surface area contributed by atoms with Crippen LogP contribution in [-0.4, -0.2) is 41.3 Å². The van der Waals surface area contributed by atoms with Crippen molar-refractivity contribution in [3.63, 3.8) is 0 Å². The Bertz CT molecular complexity index is 748. The topological polar surface area (TPSA) is 65.2 Å². The molecule has 1 fully saturated rings. The van der Waals surface area contributed by atoms with Gasteiger partial charge in [-0.3, -0.25) is 9.59 Å². The van der Waals surface area contributed by atoms with Crippen LogP contribution in [0.3, 0.4) is 0 Å². The highest BCUT2D eigenvalue weighted by Gasteiger charge is 2.19. The van der Waals surface area contributed by atoms with Crippen LogP contribution in [0.1, 0.15) is 24.1 Å². The molecule has 1 aliphatic rings. The van der Waals surface area contributed by atoms with Gasteiger partial charge in [0.05, 0.1) is 13.0 Å². The molecule has 2 aromatic rings. The molecule has 23 heavy (non-hydrogen) atoms. The highest BCUT2D eigenvalue weighted by atomic mass is 19.1. The van der Waals surface area contributed by atoms with E-state index in [0.717, 1.165) is 42.7 Å². The lowest BCUT2D eigenvalue weighted by molar-refractivity contribution is -0.131. The number of aromatic amines is 1. The Kier molecular flexibility index (Phi) is 4.32. The molecule has 1 aromatic carbocycles. The van der Waals surface area contributed by atoms with Crippen LogP contribution in [0.15, 0.2) is 18.2 Å². The normalized spacial score (nSPS) is 14.4. The molecular formula is C17H20FN3O2. The number of nitrogens with zero attached hydrogens (tertiary/aromatic N) is 1. The van der Waals surface area contributed by atoms with E-state index >= 15 is 0 Å². The molecule has 3 rings (SSSR count). The minimum Gasteiger partial charge on any atom is -0.358 e. The highest BCUT2D eigenvalue weighted by Crippen LogP contribution is 2.23. The van der Waals surface area contributed by atoms with Crippen molar-refractivity contribution < 1.29 is 14.0 Å². The lowest BCUT2D eigenvalue weighted by atomic mass is 10.1. The van der Waals surface area contributed by atoms with Crippen molar-refractivity contribution in [2.24, 2.45) is 0 Å². The smallest absolute Gasteiger partial charge is 0.241 e. The summed E-state index contributed by atoms with van der Waals surface area (Å²) in [6.07, 6.45) is 2.18. The molecule has 0 saturated carbocycles. The minimum absolute atomic E-state index is 0.0224. The molecule has 5 nitrogen and oxygen atoms in total. The van der Waals surface area contributed by atoms with E-state index in [1.165, 1.54) is 12.1 Å². The average molecular weight is 317 g/mol. The minimum atomic E-state index is -0.331. The molecule has 0 spiro atoms. The molecular weight excluding hydrogens is 297 g/mol. The van der Waals surface area contributed by atoms with E-state index in [0.29, 0.717) is 5.39 Å². The van der Waals surface area contributed by atoms with Crippen LogP contribution in [0, 0.1) is 12.7 Å². The second-order valence-electron chi connectivity index (χ2n) is 5.96. The summed E-state index contributed by atoms with van der Waals surface area (Å²) < 4.78 is 13.4. The fourth-order valence-electron chi connectivity index (χ4n) is 3.06. The van der Waals surface area contributed by atoms with Gasteiger partial charge in [0.2, 0.25) is 11.8 Å². The monoisotopic (exact) mass is 317 g/mol. The van der Waals surface area contributed by atoms with Crippen LogP contribution >= 0.6 is 0 Å². The maximum atomic E-state index is 13.4. The van der Waals surface area contributed by atoms with Gasteiger partial charge in [-0.25, -0.2) is 4.39 Å². The Morgan fingerprint density at radius 2 is 2.04 bits per heavy atom. The van der Waals surface area contributed by atoms with Crippen LogP contribution in [0.2, 0.25) is 0 Å². The SMILES string of the molecule is Cc1[nH]c2ccc(F)cc2c1CC(=O)NCC(=O)N1CCCC1. The number of halogens is 1. The number of benzene rings is 1. The summed E-state index contributed by atoms with van der Waals surface area (Å²) in [5.74, 6) is -0.606. The predicted octanol–water partition coefficient (Wildman–Crippen LogP) is 1.90. The number of rotatable bonds is 4. The molecule has 0 aliphatic carbocycles. The standard InChI is InChI=1S/C17H20FN3O2/c1-11-13(14-8-12(18)4-5-15(14)20-11)9-16(22)19-10-17(23)21-6-2-3-7-21/h4-5,8,20H,2-3,6-7,9-10H2,1H3,(H,19,22). The number of hydrogen-bond acceptors (Lipinski definition) is 2. The van der Waals surface area contributed by atoms with Gasteiger partial charge in [-0.15, -0.1) is 0 Å². The number of aryl methyl sites for hydroxylation is 1. The third kappa shape index (κ3) is 3.36. The summed E-state index contributed by atoms with van der Waals surface area (Å²) in [6, 6.07) is 4.48. The van der Waals surface area contributed by atoms with E-state index < -0.39 is 0 Å². The lowest BCUT2D eigenvalue weighted by Crippen LogP contribution is -2.39. The Morgan fingerprint density at radius 3 is 2.78 bits per heavy atom. The van der Waals surface area contributed by atoms with Gasteiger partial charge in [0.15, 0.2) is 0 Å². The van der Waals surface area contributed by atoms with E-state index in [1.54, 1.807) is 11.0 Å². The second-order valence-corrected chi connectivity index (χ2v) is 5.96. The Balaban J connectivity index is 1.64. The first-order valence-corrected chi connectivity index (χ1v) is 7.86. The van der Waals surface area contributed by atoms with E-state index in [9.17, 15) is 14.0 Å². The van der Waals surface area contributed by atoms with Gasteiger partial charge in [-0.05, 0) is 43.5 Å². The van der Waals surface area contributed by atoms with E-state index in [4.69, 9.17) is 0 Å². The number of likely N-dealkylation sites (tertiary alicyclic amines) is 1. The first-order valence-electron chi connectivity index (χ1n) is 7.86. The number of H-pyrrole nitrogens is 1. The summed E-state index contributed by atoms with van der Waals surface area (Å²) in [5, 5.41) is 3.38. The predicted molar refractivity (Wildman–Crippen MR) is 85.5 cm³/mol. The molecule has 1 saturated heterocycles. The molecule has 6 heteroatoms. The van der Waals surface area contributed by atoms with E-state index in [1.807, 2.05) is 6.92 Å². The van der Waals surface area contributed by atoms with Crippen molar-refractivity contribution in [1.29, 1.82) is 0 Å². The van der Waals surface area contributed by atoms with Gasteiger partial charge in [-0.1, -0.05) is 0 Å². The maximum absolute atomic E-state index is 13.4. The fraction of sp³-hybridized carbons (Fsp3) is 0.412. The van der Waals surface area contributed by atoms with E-state index in [-0.39, 0.29) is 30.6 Å². The van der Waals surface area contributed by atoms with Crippen LogP contribution < -0.4 is 5.32 Å². The van der Waals surface area contributed by atoms with Gasteiger partial charge in [-0.2, -0.15) is 0 Å². The number of hydrogen-bond donors (Lipinski definition) is 2. The Hall–Kier alpha value is -2.37. The molecule has 1 aromatic heterocycles. The number of nitrogens with one attached hydrogen (secondary N) is 2. The van der Waals surface area contributed by atoms with Crippen molar-refractivity contribution in [2.45, 2.75) is 26.2 Å². The Morgan fingerprint density at radius 1 is 1.30 bits per heavy atom. The summed E-state index contributed by atoms with van der Waals surface area (Å²) in [6.45, 7) is 3.43. The van der Waals surface area contributed by atoms with Gasteiger partial charge in [0.1, 0.15) is 5.82 Å². The zero-order valence-electron chi connectivity index (χ0n) is 13.1. The van der Waals surface area contributed by atoms with Crippen molar-refractivity contribution in [3.8, 4) is 0 Å². The van der Waals surface area contributed by atoms with E-state index in [2.05, 4.69) is 10.3 Å². The molecule has 2 heterocycles. The second kappa shape index (κ2) is 6.40. The third-order valence-electron chi connectivity index (χ3n) is 4.31. The largest absolute Gasteiger partial charge is 0.358 e. The summed E-state index contributed by atoms with van der Waals surface area (Å²) in [4.78, 5) is 29.0. The zero-order valence-corrected chi connectivity index (χ0v) is 13.1. The molecule has 0 bridgehead atoms. The van der Waals surface area contributed by atoms with Gasteiger partial charge < -0.3 is 15.2 Å². The van der Waals surface area contributed by atoms with Crippen LogP contribution in [0.4, 0.5) is 4.39 Å². The van der Waals surface area contributed by atoms with Crippen LogP contribution in [-0.2, 0) is 16.0 Å². The number of aromatic nitrogens is 1. The third-order valence-corrected chi connectivity index (χ3v) is 4.31. The summed E-state index contributed by atoms with van der Waals surface area (Å²) in [7, 11) is 0. The highest BCUT2D eigenvalue weighted by molar-refractivity contribution is 5.91. The average Bonchev–Trinajstić information content (AvgIpc) is 3.15. The first kappa shape index (κ1) is 15.5. The number of carbonyl (C=O) groups excluding carboxylic acids is 2. The number of carbonyl (C=O) groups is 2. The summed E-state index contributed by atoms with van der Waals surface area (Å²) >= 11 is 0. The quantitative estimate of drug-likeness (QED) is 0.904. The maximum Gasteiger partial charge on any atom is 0.241 e. The fourth-order valence-corrected chi connectivity index (χ4v) is 3.06. The van der Waals surface area contributed by atoms with Crippen LogP contribution in [0.5, 0.6) is 0 Å². The summed E-state index contributed by atoms with van der Waals surface area (Å²) in [5.41, 5.74) is 2.41. The molecule has 122 valence electrons. The van der Waals surface area contributed by atoms with Crippen molar-refractivity contribution in [1.82, 2.24) is 15.2 Å². The molecule has 0 unspecified atom stereocenters. The first-order chi connectivity index (χ1) is 11.0. The van der Waals surface area contributed by atoms with Crippen molar-refractivity contribution in [2.75, 3.05) is 19.6 Å². The van der Waals surface area contributed by atoms with Crippen molar-refractivity contribution in [3.05, 3.63) is 35.3 Å². The molecule has 2 N–H and O–H groups in total. The molecule has 0 atom stereocenters. The van der Waals surface area contributed by atoms with Gasteiger partial charge >= 0.3 is 0 Å². The molecule has 1 aliphatic heterocycles. The molecule has 2 amide bonds. The lowest BCUT2D eigenvalue weighted by Gasteiger charge is -2.15. The Labute approximate surface area is 133 Å². The number of amides is 2. The van der Waals surface area contributed by atoms with Gasteiger partial charge in [0.25, 0.3) is 0 Å². The van der Waals surface area contributed by atoms with Gasteiger partial charge in [0, 0.05) is 29.7 Å². The zero-order chi connectivity index (χ0) is 16.4. The van der Waals surface area contributed by atoms with Crippen molar-refractivity contribution >= 4 is 22.7 Å².